The van der Waals surface area contributed by atoms with Gasteiger partial charge < -0.3 is 5.32 Å². The van der Waals surface area contributed by atoms with Gasteiger partial charge in [0.1, 0.15) is 0 Å². The number of piperidine rings is 1. The number of hydrogen-bond acceptors (Lipinski definition) is 2. The van der Waals surface area contributed by atoms with Gasteiger partial charge in [-0.05, 0) is 51.0 Å². The number of nitrogens with zero attached hydrogens (tertiary/aromatic N) is 1. The molecule has 2 bridgehead atoms. The van der Waals surface area contributed by atoms with Gasteiger partial charge in [0.25, 0.3) is 0 Å². The summed E-state index contributed by atoms with van der Waals surface area (Å²) in [7, 11) is 2.17. The van der Waals surface area contributed by atoms with E-state index in [1.54, 1.807) is 0 Å². The fourth-order valence-corrected chi connectivity index (χ4v) is 4.80. The molecule has 0 radical (unpaired) electrons. The average Bonchev–Trinajstić information content (AvgIpc) is 2.63. The van der Waals surface area contributed by atoms with Crippen LogP contribution in [0.3, 0.4) is 0 Å². The maximum Gasteiger partial charge on any atom is 0.0249 e. The number of fused-ring (bicyclic) bond motifs is 2. The summed E-state index contributed by atoms with van der Waals surface area (Å²) in [4.78, 5) is 2.88. The van der Waals surface area contributed by atoms with Gasteiger partial charge in [-0.1, -0.05) is 25.7 Å². The van der Waals surface area contributed by atoms with E-state index in [0.29, 0.717) is 0 Å². The Labute approximate surface area is 113 Å². The van der Waals surface area contributed by atoms with Crippen molar-refractivity contribution in [2.45, 2.75) is 69.9 Å². The summed E-state index contributed by atoms with van der Waals surface area (Å²) >= 11 is 0. The Morgan fingerprint density at radius 3 is 2.28 bits per heavy atom. The second-order valence-corrected chi connectivity index (χ2v) is 6.95. The smallest absolute Gasteiger partial charge is 0.0249 e. The van der Waals surface area contributed by atoms with Gasteiger partial charge in [0.05, 0.1) is 0 Å². The third kappa shape index (κ3) is 2.75. The van der Waals surface area contributed by atoms with Crippen molar-refractivity contribution >= 4 is 0 Å². The molecule has 3 aliphatic rings. The first-order valence-electron chi connectivity index (χ1n) is 8.28. The van der Waals surface area contributed by atoms with Crippen LogP contribution in [0.4, 0.5) is 0 Å². The molecule has 4 atom stereocenters. The monoisotopic (exact) mass is 250 g/mol. The van der Waals surface area contributed by atoms with Gasteiger partial charge in [-0.25, -0.2) is 0 Å². The highest BCUT2D eigenvalue weighted by Crippen LogP contribution is 2.36. The number of nitrogens with one attached hydrogen (secondary N) is 1. The molecule has 3 fully saturated rings. The molecule has 1 N–H and O–H groups in total. The van der Waals surface area contributed by atoms with Crippen LogP contribution in [0.25, 0.3) is 0 Å². The van der Waals surface area contributed by atoms with Gasteiger partial charge in [0.15, 0.2) is 0 Å². The van der Waals surface area contributed by atoms with E-state index >= 15 is 0 Å². The zero-order chi connectivity index (χ0) is 12.4. The number of likely N-dealkylation sites (N-methyl/N-ethyl adjacent to an activating group) is 1. The summed E-state index contributed by atoms with van der Waals surface area (Å²) in [6, 6.07) is 1.59. The van der Waals surface area contributed by atoms with Crippen molar-refractivity contribution in [3.63, 3.8) is 0 Å². The molecule has 2 nitrogen and oxygen atoms in total. The third-order valence-electron chi connectivity index (χ3n) is 5.70. The zero-order valence-corrected chi connectivity index (χ0v) is 12.0. The van der Waals surface area contributed by atoms with Crippen LogP contribution < -0.4 is 5.32 Å². The molecule has 3 rings (SSSR count). The van der Waals surface area contributed by atoms with Crippen LogP contribution in [-0.4, -0.2) is 37.1 Å². The number of rotatable bonds is 2. The average molecular weight is 250 g/mol. The lowest BCUT2D eigenvalue weighted by Crippen LogP contribution is -2.54. The van der Waals surface area contributed by atoms with Gasteiger partial charge in [-0.3, -0.25) is 4.90 Å². The molecule has 0 aromatic heterocycles. The number of likely N-dealkylation sites (tertiary alicyclic amines) is 1. The predicted octanol–water partition coefficient (Wildman–Crippen LogP) is 3.03. The summed E-state index contributed by atoms with van der Waals surface area (Å²) < 4.78 is 0. The molecule has 1 heterocycles. The van der Waals surface area contributed by atoms with Crippen molar-refractivity contribution in [2.24, 2.45) is 11.8 Å². The second-order valence-electron chi connectivity index (χ2n) is 6.95. The molecular weight excluding hydrogens is 220 g/mol. The molecule has 2 saturated carbocycles. The fourth-order valence-electron chi connectivity index (χ4n) is 4.80. The van der Waals surface area contributed by atoms with Gasteiger partial charge in [-0.15, -0.1) is 0 Å². The summed E-state index contributed by atoms with van der Waals surface area (Å²) in [5.41, 5.74) is 0. The maximum atomic E-state index is 3.62. The van der Waals surface area contributed by atoms with Crippen molar-refractivity contribution in [3.05, 3.63) is 0 Å². The lowest BCUT2D eigenvalue weighted by atomic mass is 9.77. The molecule has 4 unspecified atom stereocenters. The minimum Gasteiger partial charge on any atom is -0.315 e. The van der Waals surface area contributed by atoms with Crippen molar-refractivity contribution in [3.8, 4) is 0 Å². The fraction of sp³-hybridized carbons (Fsp3) is 1.00. The molecule has 2 heteroatoms. The highest BCUT2D eigenvalue weighted by Gasteiger charge is 2.36. The Kier molecular flexibility index (Phi) is 4.25. The summed E-state index contributed by atoms with van der Waals surface area (Å²) in [6.45, 7) is 2.80. The topological polar surface area (TPSA) is 15.3 Å². The molecule has 18 heavy (non-hydrogen) atoms. The molecule has 1 saturated heterocycles. The van der Waals surface area contributed by atoms with E-state index < -0.39 is 0 Å². The molecule has 0 amide bonds. The van der Waals surface area contributed by atoms with E-state index in [0.717, 1.165) is 23.9 Å². The molecular formula is C16H30N2. The Balaban J connectivity index is 1.67. The van der Waals surface area contributed by atoms with Crippen LogP contribution in [0.5, 0.6) is 0 Å². The third-order valence-corrected chi connectivity index (χ3v) is 5.70. The van der Waals surface area contributed by atoms with E-state index in [2.05, 4.69) is 17.3 Å². The first-order valence-corrected chi connectivity index (χ1v) is 8.28. The van der Waals surface area contributed by atoms with E-state index in [9.17, 15) is 0 Å². The SMILES string of the molecule is CNC1CCCCCC1N1CC2CCCC(C2)C1. The summed E-state index contributed by atoms with van der Waals surface area (Å²) in [6.07, 6.45) is 13.2. The molecule has 0 aromatic rings. The standard InChI is InChI=1S/C16H30N2/c1-17-15-8-3-2-4-9-16(15)18-11-13-6-5-7-14(10-13)12-18/h13-17H,2-12H2,1H3. The normalized spacial score (nSPS) is 42.5. The number of hydrogen-bond donors (Lipinski definition) is 1. The van der Waals surface area contributed by atoms with Crippen LogP contribution in [0, 0.1) is 11.8 Å². The minimum absolute atomic E-state index is 0.756. The molecule has 104 valence electrons. The Morgan fingerprint density at radius 2 is 1.56 bits per heavy atom. The van der Waals surface area contributed by atoms with Crippen molar-refractivity contribution in [1.29, 1.82) is 0 Å². The minimum atomic E-state index is 0.756. The second kappa shape index (κ2) is 5.92. The Hall–Kier alpha value is -0.0800. The molecule has 2 aliphatic carbocycles. The Morgan fingerprint density at radius 1 is 0.833 bits per heavy atom. The highest BCUT2D eigenvalue weighted by molar-refractivity contribution is 4.92. The summed E-state index contributed by atoms with van der Waals surface area (Å²) in [5.74, 6) is 2.05. The summed E-state index contributed by atoms with van der Waals surface area (Å²) in [5, 5.41) is 3.62. The van der Waals surface area contributed by atoms with E-state index in [1.807, 2.05) is 0 Å². The van der Waals surface area contributed by atoms with Gasteiger partial charge >= 0.3 is 0 Å². The maximum absolute atomic E-state index is 3.62. The first kappa shape index (κ1) is 12.9. The van der Waals surface area contributed by atoms with Crippen LogP contribution >= 0.6 is 0 Å². The Bertz CT molecular complexity index is 254. The van der Waals surface area contributed by atoms with E-state index in [1.165, 1.54) is 70.9 Å². The van der Waals surface area contributed by atoms with Crippen LogP contribution in [0.1, 0.15) is 57.8 Å². The van der Waals surface area contributed by atoms with E-state index in [-0.39, 0.29) is 0 Å². The van der Waals surface area contributed by atoms with Gasteiger partial charge in [-0.2, -0.15) is 0 Å². The van der Waals surface area contributed by atoms with E-state index in [4.69, 9.17) is 0 Å². The quantitative estimate of drug-likeness (QED) is 0.758. The molecule has 1 aliphatic heterocycles. The lowest BCUT2D eigenvalue weighted by Gasteiger charge is -2.46. The molecule has 0 spiro atoms. The van der Waals surface area contributed by atoms with Crippen molar-refractivity contribution < 1.29 is 0 Å². The van der Waals surface area contributed by atoms with Crippen molar-refractivity contribution in [1.82, 2.24) is 10.2 Å². The lowest BCUT2D eigenvalue weighted by molar-refractivity contribution is 0.0374. The zero-order valence-electron chi connectivity index (χ0n) is 12.0. The largest absolute Gasteiger partial charge is 0.315 e. The van der Waals surface area contributed by atoms with Gasteiger partial charge in [0, 0.05) is 25.2 Å². The van der Waals surface area contributed by atoms with Gasteiger partial charge in [0.2, 0.25) is 0 Å². The first-order chi connectivity index (χ1) is 8.86. The van der Waals surface area contributed by atoms with Crippen LogP contribution in [-0.2, 0) is 0 Å². The predicted molar refractivity (Wildman–Crippen MR) is 76.7 cm³/mol. The van der Waals surface area contributed by atoms with Crippen LogP contribution in [0.2, 0.25) is 0 Å². The van der Waals surface area contributed by atoms with Crippen LogP contribution in [0.15, 0.2) is 0 Å². The molecule has 0 aromatic carbocycles. The van der Waals surface area contributed by atoms with Crippen molar-refractivity contribution in [2.75, 3.05) is 20.1 Å². The highest BCUT2D eigenvalue weighted by atomic mass is 15.2.